The first-order valence-electron chi connectivity index (χ1n) is 5.51. The molecule has 0 saturated carbocycles. The zero-order valence-electron chi connectivity index (χ0n) is 10.4. The van der Waals surface area contributed by atoms with Gasteiger partial charge in [0.15, 0.2) is 0 Å². The van der Waals surface area contributed by atoms with Gasteiger partial charge in [-0.25, -0.2) is 0 Å². The fraction of sp³-hybridized carbons (Fsp3) is 0.231. The minimum absolute atomic E-state index is 0.264. The third-order valence-electron chi connectivity index (χ3n) is 2.20. The van der Waals surface area contributed by atoms with Gasteiger partial charge >= 0.3 is 0 Å². The van der Waals surface area contributed by atoms with Gasteiger partial charge < -0.3 is 10.6 Å². The Labute approximate surface area is 110 Å². The predicted molar refractivity (Wildman–Crippen MR) is 68.9 cm³/mol. The molecule has 0 atom stereocenters. The molecule has 0 aliphatic carbocycles. The van der Waals surface area contributed by atoms with Gasteiger partial charge in [0, 0.05) is 0 Å². The molecule has 0 aliphatic rings. The molecule has 6 heteroatoms. The second-order valence-electron chi connectivity index (χ2n) is 3.82. The number of carbonyl (C=O) groups is 2. The summed E-state index contributed by atoms with van der Waals surface area (Å²) in [7, 11) is 0. The molecule has 1 aromatic rings. The monoisotopic (exact) mass is 256 g/mol. The molecule has 0 spiro atoms. The van der Waals surface area contributed by atoms with Gasteiger partial charge in [-0.2, -0.15) is 10.5 Å². The van der Waals surface area contributed by atoms with Crippen LogP contribution >= 0.6 is 0 Å². The van der Waals surface area contributed by atoms with Crippen LogP contribution in [0.25, 0.3) is 0 Å². The van der Waals surface area contributed by atoms with Crippen molar-refractivity contribution in [2.75, 3.05) is 10.6 Å². The molecule has 19 heavy (non-hydrogen) atoms. The van der Waals surface area contributed by atoms with Crippen LogP contribution < -0.4 is 10.6 Å². The summed E-state index contributed by atoms with van der Waals surface area (Å²) < 4.78 is 0. The van der Waals surface area contributed by atoms with E-state index < -0.39 is 11.8 Å². The Bertz CT molecular complexity index is 581. The Morgan fingerprint density at radius 1 is 1.05 bits per heavy atom. The highest BCUT2D eigenvalue weighted by molar-refractivity contribution is 6.00. The maximum absolute atomic E-state index is 11.4. The van der Waals surface area contributed by atoms with Gasteiger partial charge in [-0.3, -0.25) is 9.59 Å². The lowest BCUT2D eigenvalue weighted by Gasteiger charge is -2.11. The van der Waals surface area contributed by atoms with E-state index in [1.807, 2.05) is 6.92 Å². The summed E-state index contributed by atoms with van der Waals surface area (Å²) in [6, 6.07) is 8.55. The molecule has 1 rings (SSSR count). The van der Waals surface area contributed by atoms with Crippen LogP contribution in [0.2, 0.25) is 0 Å². The number of rotatable bonds is 4. The number of hydrogen-bond acceptors (Lipinski definition) is 4. The Morgan fingerprint density at radius 2 is 1.58 bits per heavy atom. The average Bonchev–Trinajstić information content (AvgIpc) is 2.33. The molecule has 1 aromatic carbocycles. The van der Waals surface area contributed by atoms with Crippen molar-refractivity contribution in [3.05, 3.63) is 23.8 Å². The maximum atomic E-state index is 11.4. The number of nitrogens with one attached hydrogen (secondary N) is 2. The average molecular weight is 256 g/mol. The van der Waals surface area contributed by atoms with Crippen molar-refractivity contribution in [2.45, 2.75) is 19.8 Å². The molecule has 0 aromatic heterocycles. The van der Waals surface area contributed by atoms with Gasteiger partial charge in [-0.15, -0.1) is 0 Å². The molecule has 6 nitrogen and oxygen atoms in total. The van der Waals surface area contributed by atoms with Gasteiger partial charge in [-0.1, -0.05) is 6.07 Å². The van der Waals surface area contributed by atoms with E-state index in [9.17, 15) is 9.59 Å². The minimum Gasteiger partial charge on any atom is -0.323 e. The van der Waals surface area contributed by atoms with E-state index in [1.165, 1.54) is 0 Å². The van der Waals surface area contributed by atoms with E-state index >= 15 is 0 Å². The molecule has 0 aliphatic heterocycles. The summed E-state index contributed by atoms with van der Waals surface area (Å²) in [5, 5.41) is 21.9. The van der Waals surface area contributed by atoms with Crippen molar-refractivity contribution >= 4 is 23.2 Å². The lowest BCUT2D eigenvalue weighted by Crippen LogP contribution is -2.15. The lowest BCUT2D eigenvalue weighted by molar-refractivity contribution is -0.116. The number of benzene rings is 1. The molecular weight excluding hydrogens is 244 g/mol. The van der Waals surface area contributed by atoms with Gasteiger partial charge in [0.1, 0.15) is 12.8 Å². The van der Waals surface area contributed by atoms with Crippen molar-refractivity contribution < 1.29 is 9.59 Å². The Hall–Kier alpha value is -2.86. The van der Waals surface area contributed by atoms with E-state index in [2.05, 4.69) is 10.6 Å². The highest BCUT2D eigenvalue weighted by atomic mass is 16.2. The number of carbonyl (C=O) groups excluding carboxylic acids is 2. The molecular formula is C13H12N4O2. The maximum Gasteiger partial charge on any atom is 0.238 e. The zero-order valence-corrected chi connectivity index (χ0v) is 10.4. The number of nitrogens with zero attached hydrogens (tertiary/aromatic N) is 2. The van der Waals surface area contributed by atoms with Gasteiger partial charge in [0.25, 0.3) is 0 Å². The minimum atomic E-state index is -0.456. The third-order valence-corrected chi connectivity index (χ3v) is 2.20. The molecule has 0 saturated heterocycles. The summed E-state index contributed by atoms with van der Waals surface area (Å²) in [5.41, 5.74) is 1.70. The molecule has 0 unspecified atom stereocenters. The van der Waals surface area contributed by atoms with Crippen LogP contribution in [-0.2, 0) is 9.59 Å². The smallest absolute Gasteiger partial charge is 0.238 e. The first-order valence-corrected chi connectivity index (χ1v) is 5.51. The number of amides is 2. The molecule has 0 bridgehead atoms. The molecule has 2 amide bonds. The second kappa shape index (κ2) is 6.77. The van der Waals surface area contributed by atoms with Crippen molar-refractivity contribution in [1.82, 2.24) is 0 Å². The normalized spacial score (nSPS) is 9.00. The number of aryl methyl sites for hydroxylation is 1. The van der Waals surface area contributed by atoms with Crippen LogP contribution in [0, 0.1) is 29.6 Å². The van der Waals surface area contributed by atoms with Crippen molar-refractivity contribution in [1.29, 1.82) is 10.5 Å². The van der Waals surface area contributed by atoms with E-state index in [4.69, 9.17) is 10.5 Å². The fourth-order valence-corrected chi connectivity index (χ4v) is 1.40. The Morgan fingerprint density at radius 3 is 2.11 bits per heavy atom. The number of anilines is 2. The SMILES string of the molecule is Cc1ccc(NC(=O)CC#N)c(NC(=O)CC#N)c1. The summed E-state index contributed by atoms with van der Waals surface area (Å²) >= 11 is 0. The Kier molecular flexibility index (Phi) is 5.06. The van der Waals surface area contributed by atoms with Gasteiger partial charge in [0.05, 0.1) is 23.5 Å². The number of hydrogen-bond donors (Lipinski definition) is 2. The standard InChI is InChI=1S/C13H12N4O2/c1-9-2-3-10(16-12(18)4-6-14)11(8-9)17-13(19)5-7-15/h2-3,8H,4-5H2,1H3,(H,16,18)(H,17,19). The van der Waals surface area contributed by atoms with Crippen LogP contribution in [0.4, 0.5) is 11.4 Å². The quantitative estimate of drug-likeness (QED) is 0.854. The first-order chi connectivity index (χ1) is 9.06. The molecule has 2 N–H and O–H groups in total. The fourth-order valence-electron chi connectivity index (χ4n) is 1.40. The van der Waals surface area contributed by atoms with E-state index in [0.29, 0.717) is 11.4 Å². The predicted octanol–water partition coefficient (Wildman–Crippen LogP) is 1.70. The largest absolute Gasteiger partial charge is 0.323 e. The van der Waals surface area contributed by atoms with Crippen LogP contribution in [0.1, 0.15) is 18.4 Å². The highest BCUT2D eigenvalue weighted by Gasteiger charge is 2.09. The van der Waals surface area contributed by atoms with E-state index in [1.54, 1.807) is 30.3 Å². The lowest BCUT2D eigenvalue weighted by atomic mass is 10.2. The molecule has 0 radical (unpaired) electrons. The van der Waals surface area contributed by atoms with Crippen LogP contribution in [-0.4, -0.2) is 11.8 Å². The summed E-state index contributed by atoms with van der Waals surface area (Å²) in [6.07, 6.45) is -0.529. The molecule has 96 valence electrons. The highest BCUT2D eigenvalue weighted by Crippen LogP contribution is 2.23. The molecule has 0 heterocycles. The second-order valence-corrected chi connectivity index (χ2v) is 3.82. The Balaban J connectivity index is 2.92. The number of nitriles is 2. The van der Waals surface area contributed by atoms with Crippen LogP contribution in [0.3, 0.4) is 0 Å². The topological polar surface area (TPSA) is 106 Å². The van der Waals surface area contributed by atoms with Crippen LogP contribution in [0.5, 0.6) is 0 Å². The molecule has 0 fully saturated rings. The summed E-state index contributed by atoms with van der Waals surface area (Å²) in [5.74, 6) is -0.911. The van der Waals surface area contributed by atoms with Crippen molar-refractivity contribution in [3.8, 4) is 12.1 Å². The van der Waals surface area contributed by atoms with E-state index in [-0.39, 0.29) is 12.8 Å². The third kappa shape index (κ3) is 4.49. The van der Waals surface area contributed by atoms with Crippen molar-refractivity contribution in [3.63, 3.8) is 0 Å². The van der Waals surface area contributed by atoms with E-state index in [0.717, 1.165) is 5.56 Å². The van der Waals surface area contributed by atoms with Crippen LogP contribution in [0.15, 0.2) is 18.2 Å². The van der Waals surface area contributed by atoms with Crippen molar-refractivity contribution in [2.24, 2.45) is 0 Å². The van der Waals surface area contributed by atoms with Gasteiger partial charge in [0.2, 0.25) is 11.8 Å². The van der Waals surface area contributed by atoms with Gasteiger partial charge in [-0.05, 0) is 24.6 Å². The first kappa shape index (κ1) is 14.2. The summed E-state index contributed by atoms with van der Waals surface area (Å²) in [4.78, 5) is 22.8. The zero-order chi connectivity index (χ0) is 14.3. The summed E-state index contributed by atoms with van der Waals surface area (Å²) in [6.45, 7) is 1.83.